The molecule has 0 spiro atoms. The Morgan fingerprint density at radius 1 is 0.207 bits per heavy atom. The van der Waals surface area contributed by atoms with Crippen LogP contribution in [0, 0.1) is 0 Å². The Kier molecular flexibility index (Phi) is 9.27. The molecule has 0 saturated carbocycles. The third-order valence-corrected chi connectivity index (χ3v) is 11.6. The summed E-state index contributed by atoms with van der Waals surface area (Å²) in [6.45, 7) is 0. The number of fused-ring (bicyclic) bond motifs is 5. The SMILES string of the molecule is [B]c1c(-c2c3c([B])c([B])c([B])c([B])c3c(-c3ccc4ccccc4c3)c3c([B])c([B])c([B])c([B])c23)c([B])c2c([B])c([B])c(-c3ccc4ccccc4c3)c([B])c2c1[B]. The quantitative estimate of drug-likeness (QED) is 0.130. The van der Waals surface area contributed by atoms with Gasteiger partial charge in [0, 0.05) is 0 Å². The zero-order chi connectivity index (χ0) is 41.2. The van der Waals surface area contributed by atoms with Crippen LogP contribution in [0.2, 0.25) is 0 Å². The Morgan fingerprint density at radius 2 is 0.517 bits per heavy atom. The maximum Gasteiger partial charge on any atom is 0.115 e. The largest absolute Gasteiger partial charge is 0.115 e. The molecule has 0 unspecified atom stereocenters. The average molecular weight is 694 g/mol. The minimum Gasteiger partial charge on any atom is -0.110 e. The summed E-state index contributed by atoms with van der Waals surface area (Å²) in [6, 6.07) is 27.5. The third-order valence-electron chi connectivity index (χ3n) is 11.6. The molecule has 0 fully saturated rings. The first-order valence-electron chi connectivity index (χ1n) is 18.2. The van der Waals surface area contributed by atoms with Crippen LogP contribution in [0.15, 0.2) is 84.9 Å². The Balaban J connectivity index is 1.50. The monoisotopic (exact) mass is 696 g/mol. The fourth-order valence-corrected chi connectivity index (χ4v) is 8.66. The summed E-state index contributed by atoms with van der Waals surface area (Å²) >= 11 is 0. The molecule has 0 aliphatic heterocycles. The molecule has 0 bridgehead atoms. The molecule has 0 aliphatic rings. The summed E-state index contributed by atoms with van der Waals surface area (Å²) in [5.41, 5.74) is 4.01. The summed E-state index contributed by atoms with van der Waals surface area (Å²) < 4.78 is 0. The Labute approximate surface area is 356 Å². The Bertz CT molecular complexity index is 3260. The van der Waals surface area contributed by atoms with Crippen LogP contribution in [-0.4, -0.2) is 110 Å². The summed E-state index contributed by atoms with van der Waals surface area (Å²) in [7, 11) is 96.6. The Hall–Kier alpha value is -4.81. The van der Waals surface area contributed by atoms with Gasteiger partial charge in [0.25, 0.3) is 0 Å². The van der Waals surface area contributed by atoms with E-state index in [4.69, 9.17) is 110 Å². The first kappa shape index (κ1) is 38.7. The lowest BCUT2D eigenvalue weighted by molar-refractivity contribution is 1.73. The van der Waals surface area contributed by atoms with Crippen molar-refractivity contribution in [3.8, 4) is 33.4 Å². The van der Waals surface area contributed by atoms with E-state index < -0.39 is 0 Å². The molecule has 0 nitrogen and oxygen atoms in total. The van der Waals surface area contributed by atoms with Gasteiger partial charge in [0.05, 0.1) is 0 Å². The van der Waals surface area contributed by atoms with Gasteiger partial charge in [0.15, 0.2) is 0 Å². The number of hydrogen-bond donors (Lipinski definition) is 0. The number of rotatable bonds is 3. The van der Waals surface area contributed by atoms with Crippen molar-refractivity contribution in [1.29, 1.82) is 0 Å². The maximum absolute atomic E-state index is 7.25. The second-order valence-corrected chi connectivity index (χ2v) is 14.7. The smallest absolute Gasteiger partial charge is 0.110 e. The van der Waals surface area contributed by atoms with E-state index in [0.29, 0.717) is 43.6 Å². The lowest BCUT2D eigenvalue weighted by Crippen LogP contribution is -2.50. The highest BCUT2D eigenvalue weighted by Gasteiger charge is 2.28. The van der Waals surface area contributed by atoms with Gasteiger partial charge in [-0.3, -0.25) is 0 Å². The zero-order valence-electron chi connectivity index (χ0n) is 31.2. The molecule has 28 radical (unpaired) electrons. The van der Waals surface area contributed by atoms with Crippen molar-refractivity contribution in [2.45, 2.75) is 0 Å². The molecule has 0 heterocycles. The molecule has 0 amide bonds. The van der Waals surface area contributed by atoms with E-state index in [1.54, 1.807) is 0 Å². The van der Waals surface area contributed by atoms with Crippen molar-refractivity contribution >= 4 is 240 Å². The van der Waals surface area contributed by atoms with Gasteiger partial charge in [0.1, 0.15) is 110 Å². The van der Waals surface area contributed by atoms with Gasteiger partial charge in [-0.25, -0.2) is 0 Å². The van der Waals surface area contributed by atoms with E-state index in [1.165, 1.54) is 0 Å². The van der Waals surface area contributed by atoms with E-state index >= 15 is 0 Å². The molecule has 232 valence electrons. The fourth-order valence-electron chi connectivity index (χ4n) is 8.66. The van der Waals surface area contributed by atoms with E-state index in [9.17, 15) is 0 Å². The van der Waals surface area contributed by atoms with Gasteiger partial charge in [-0.1, -0.05) is 127 Å². The lowest BCUT2D eigenvalue weighted by Gasteiger charge is -2.31. The van der Waals surface area contributed by atoms with E-state index in [1.807, 2.05) is 84.9 Å². The molecule has 0 aliphatic carbocycles. The van der Waals surface area contributed by atoms with Crippen LogP contribution < -0.4 is 76.5 Å². The van der Waals surface area contributed by atoms with Gasteiger partial charge in [0.2, 0.25) is 0 Å². The van der Waals surface area contributed by atoms with Crippen LogP contribution >= 0.6 is 0 Å². The molecule has 0 atom stereocenters. The van der Waals surface area contributed by atoms with Gasteiger partial charge in [-0.2, -0.15) is 0 Å². The minimum atomic E-state index is 0.0176. The van der Waals surface area contributed by atoms with Crippen molar-refractivity contribution in [3.63, 3.8) is 0 Å². The fraction of sp³-hybridized carbons (Fsp3) is 0. The first-order chi connectivity index (χ1) is 27.6. The minimum absolute atomic E-state index is 0.0176. The zero-order valence-corrected chi connectivity index (χ0v) is 31.2. The molecular weight excluding hydrogens is 680 g/mol. The van der Waals surface area contributed by atoms with E-state index in [-0.39, 0.29) is 93.0 Å². The second kappa shape index (κ2) is 13.9. The molecule has 58 heavy (non-hydrogen) atoms. The van der Waals surface area contributed by atoms with Crippen molar-refractivity contribution in [2.75, 3.05) is 0 Å². The molecule has 9 aromatic rings. The topological polar surface area (TPSA) is 0 Å². The summed E-state index contributed by atoms with van der Waals surface area (Å²) in [5.74, 6) is 0. The van der Waals surface area contributed by atoms with Crippen molar-refractivity contribution in [2.24, 2.45) is 0 Å². The van der Waals surface area contributed by atoms with Crippen molar-refractivity contribution in [1.82, 2.24) is 0 Å². The number of hydrogen-bond acceptors (Lipinski definition) is 0. The lowest BCUT2D eigenvalue weighted by atomic mass is 9.57. The molecule has 0 saturated heterocycles. The van der Waals surface area contributed by atoms with Crippen LogP contribution in [-0.2, 0) is 0 Å². The summed E-state index contributed by atoms with van der Waals surface area (Å²) in [4.78, 5) is 0. The predicted octanol–water partition coefficient (Wildman–Crippen LogP) is -4.43. The van der Waals surface area contributed by atoms with Crippen LogP contribution in [0.4, 0.5) is 0 Å². The molecule has 0 N–H and O–H groups in total. The van der Waals surface area contributed by atoms with Crippen LogP contribution in [0.1, 0.15) is 0 Å². The van der Waals surface area contributed by atoms with Gasteiger partial charge < -0.3 is 0 Å². The van der Waals surface area contributed by atoms with E-state index in [2.05, 4.69) is 0 Å². The first-order valence-corrected chi connectivity index (χ1v) is 18.2. The van der Waals surface area contributed by atoms with Crippen LogP contribution in [0.25, 0.3) is 87.2 Å². The van der Waals surface area contributed by atoms with Crippen molar-refractivity contribution < 1.29 is 0 Å². The Morgan fingerprint density at radius 3 is 0.931 bits per heavy atom. The highest BCUT2D eigenvalue weighted by atomic mass is 14.3. The normalized spacial score (nSPS) is 11.7. The average Bonchev–Trinajstić information content (AvgIpc) is 3.23. The molecule has 9 aromatic carbocycles. The van der Waals surface area contributed by atoms with Crippen LogP contribution in [0.3, 0.4) is 0 Å². The highest BCUT2D eigenvalue weighted by molar-refractivity contribution is 6.73. The highest BCUT2D eigenvalue weighted by Crippen LogP contribution is 2.40. The molecule has 9 rings (SSSR count). The predicted molar refractivity (Wildman–Crippen MR) is 266 cm³/mol. The van der Waals surface area contributed by atoms with Gasteiger partial charge >= 0.3 is 0 Å². The maximum atomic E-state index is 7.25. The third kappa shape index (κ3) is 5.35. The van der Waals surface area contributed by atoms with Crippen LogP contribution in [0.5, 0.6) is 0 Å². The molecule has 14 heteroatoms. The molecular formula is C44H14B14. The number of benzene rings is 9. The van der Waals surface area contributed by atoms with Gasteiger partial charge in [-0.05, 0) is 99.4 Å². The standard InChI is InChI=1S/C44H14B14/c45-31-22(20-12-10-16-6-2-4-8-18(16)14-20)33(47)39(53)30-29(31)40(54)38(52)28(32(30)46)23-26-24(34(48)41(55)43(57)36(26)50)21(19-11-9-15-5-1-3-7-17(15)13-19)25-27(23)37(51)44(58)42(56)35(25)49/h1-14H. The summed E-state index contributed by atoms with van der Waals surface area (Å²) in [5, 5.41) is 5.87. The second-order valence-electron chi connectivity index (χ2n) is 14.7. The van der Waals surface area contributed by atoms with E-state index in [0.717, 1.165) is 27.1 Å². The van der Waals surface area contributed by atoms with Crippen molar-refractivity contribution in [3.05, 3.63) is 84.9 Å². The summed E-state index contributed by atoms with van der Waals surface area (Å²) in [6.07, 6.45) is 0. The van der Waals surface area contributed by atoms with Gasteiger partial charge in [-0.15, -0.1) is 21.9 Å². The molecule has 0 aromatic heterocycles.